The number of sulfonamides is 1. The van der Waals surface area contributed by atoms with Crippen molar-refractivity contribution in [3.05, 3.63) is 106 Å². The molecule has 0 aliphatic rings. The van der Waals surface area contributed by atoms with Gasteiger partial charge in [-0.05, 0) is 81.8 Å². The second kappa shape index (κ2) is 12.0. The number of methoxy groups -OCH3 is 1. The summed E-state index contributed by atoms with van der Waals surface area (Å²) < 4.78 is 35.9. The van der Waals surface area contributed by atoms with Crippen LogP contribution < -0.4 is 14.5 Å². The third kappa shape index (κ3) is 6.21. The van der Waals surface area contributed by atoms with Crippen LogP contribution in [0.25, 0.3) is 5.69 Å². The van der Waals surface area contributed by atoms with Gasteiger partial charge < -0.3 is 9.30 Å². The van der Waals surface area contributed by atoms with Gasteiger partial charge in [0.2, 0.25) is 0 Å². The maximum absolute atomic E-state index is 13.7. The van der Waals surface area contributed by atoms with Gasteiger partial charge in [-0.3, -0.25) is 9.10 Å². The fraction of sp³-hybridized carbons (Fsp3) is 0.200. The predicted molar refractivity (Wildman–Crippen MR) is 159 cm³/mol. The van der Waals surface area contributed by atoms with E-state index in [2.05, 4.69) is 21.2 Å². The van der Waals surface area contributed by atoms with Crippen LogP contribution >= 0.6 is 11.6 Å². The summed E-state index contributed by atoms with van der Waals surface area (Å²) in [6.07, 6.45) is 1.55. The number of nitrogens with one attached hydrogen (secondary N) is 1. The Bertz CT molecular complexity index is 1680. The number of carbonyl (C=O) groups is 1. The Morgan fingerprint density at radius 3 is 2.40 bits per heavy atom. The Labute approximate surface area is 239 Å². The zero-order valence-electron chi connectivity index (χ0n) is 23.0. The van der Waals surface area contributed by atoms with Crippen molar-refractivity contribution in [3.8, 4) is 11.4 Å². The van der Waals surface area contributed by atoms with Crippen molar-refractivity contribution in [2.24, 2.45) is 5.10 Å². The first-order chi connectivity index (χ1) is 19.0. The Balaban J connectivity index is 1.61. The van der Waals surface area contributed by atoms with Gasteiger partial charge in [0.1, 0.15) is 12.3 Å². The highest BCUT2D eigenvalue weighted by atomic mass is 35.5. The van der Waals surface area contributed by atoms with E-state index >= 15 is 0 Å². The summed E-state index contributed by atoms with van der Waals surface area (Å²) in [4.78, 5) is 13.1. The van der Waals surface area contributed by atoms with Crippen LogP contribution in [0, 0.1) is 27.7 Å². The Morgan fingerprint density at radius 1 is 1.00 bits per heavy atom. The van der Waals surface area contributed by atoms with Gasteiger partial charge in [0.15, 0.2) is 0 Å². The fourth-order valence-corrected chi connectivity index (χ4v) is 6.01. The number of aromatic nitrogens is 1. The largest absolute Gasteiger partial charge is 0.495 e. The summed E-state index contributed by atoms with van der Waals surface area (Å²) in [5.74, 6) is -0.388. The molecule has 1 aromatic heterocycles. The lowest BCUT2D eigenvalue weighted by atomic mass is 10.2. The van der Waals surface area contributed by atoms with Crippen molar-refractivity contribution in [1.29, 1.82) is 0 Å². The highest BCUT2D eigenvalue weighted by Gasteiger charge is 2.29. The first-order valence-electron chi connectivity index (χ1n) is 12.5. The van der Waals surface area contributed by atoms with E-state index in [-0.39, 0.29) is 16.3 Å². The van der Waals surface area contributed by atoms with Gasteiger partial charge in [-0.15, -0.1) is 0 Å². The summed E-state index contributed by atoms with van der Waals surface area (Å²) in [5, 5.41) is 4.42. The zero-order chi connectivity index (χ0) is 29.0. The number of amides is 1. The topological polar surface area (TPSA) is 93.0 Å². The quantitative estimate of drug-likeness (QED) is 0.203. The van der Waals surface area contributed by atoms with Crippen molar-refractivity contribution in [3.63, 3.8) is 0 Å². The SMILES string of the molecule is COc1ccc(Cl)cc1N(CC(=O)N/N=C\c1cc(C)n(-c2cccc(C)c2)c1C)S(=O)(=O)c1ccc(C)cc1. The molecule has 0 spiro atoms. The van der Waals surface area contributed by atoms with Crippen LogP contribution in [0.3, 0.4) is 0 Å². The van der Waals surface area contributed by atoms with E-state index in [9.17, 15) is 13.2 Å². The minimum Gasteiger partial charge on any atom is -0.495 e. The normalized spacial score (nSPS) is 11.6. The molecule has 208 valence electrons. The van der Waals surface area contributed by atoms with E-state index < -0.39 is 22.5 Å². The molecule has 0 radical (unpaired) electrons. The Morgan fingerprint density at radius 2 is 1.73 bits per heavy atom. The predicted octanol–water partition coefficient (Wildman–Crippen LogP) is 5.72. The number of hydrazone groups is 1. The number of hydrogen-bond acceptors (Lipinski definition) is 5. The monoisotopic (exact) mass is 578 g/mol. The van der Waals surface area contributed by atoms with Crippen LogP contribution in [0.5, 0.6) is 5.75 Å². The Kier molecular flexibility index (Phi) is 8.66. The molecule has 4 rings (SSSR count). The summed E-state index contributed by atoms with van der Waals surface area (Å²) in [6, 6.07) is 21.1. The van der Waals surface area contributed by atoms with Gasteiger partial charge in [0.05, 0.1) is 23.9 Å². The van der Waals surface area contributed by atoms with Crippen LogP contribution in [0.4, 0.5) is 5.69 Å². The summed E-state index contributed by atoms with van der Waals surface area (Å²) in [7, 11) is -2.74. The second-order valence-electron chi connectivity index (χ2n) is 9.43. The van der Waals surface area contributed by atoms with Crippen molar-refractivity contribution < 1.29 is 17.9 Å². The van der Waals surface area contributed by atoms with Crippen molar-refractivity contribution >= 4 is 39.4 Å². The molecule has 4 aromatic rings. The molecule has 0 fully saturated rings. The van der Waals surface area contributed by atoms with Gasteiger partial charge >= 0.3 is 0 Å². The van der Waals surface area contributed by atoms with Crippen LogP contribution in [0.15, 0.2) is 82.8 Å². The first kappa shape index (κ1) is 28.9. The molecule has 0 atom stereocenters. The van der Waals surface area contributed by atoms with Gasteiger partial charge in [-0.1, -0.05) is 41.4 Å². The number of rotatable bonds is 9. The number of nitrogens with zero attached hydrogens (tertiary/aromatic N) is 3. The second-order valence-corrected chi connectivity index (χ2v) is 11.7. The number of anilines is 1. The molecule has 0 aliphatic carbocycles. The van der Waals surface area contributed by atoms with E-state index in [0.717, 1.165) is 38.1 Å². The molecule has 3 aromatic carbocycles. The number of halogens is 1. The van der Waals surface area contributed by atoms with Gasteiger partial charge in [0.25, 0.3) is 15.9 Å². The Hall–Kier alpha value is -4.08. The highest BCUT2D eigenvalue weighted by Crippen LogP contribution is 2.34. The molecule has 40 heavy (non-hydrogen) atoms. The first-order valence-corrected chi connectivity index (χ1v) is 14.3. The summed E-state index contributed by atoms with van der Waals surface area (Å²) >= 11 is 6.20. The lowest BCUT2D eigenvalue weighted by Gasteiger charge is -2.25. The van der Waals surface area contributed by atoms with Crippen molar-refractivity contribution in [1.82, 2.24) is 9.99 Å². The maximum atomic E-state index is 13.7. The maximum Gasteiger partial charge on any atom is 0.264 e. The molecule has 1 heterocycles. The van der Waals surface area contributed by atoms with E-state index in [1.165, 1.54) is 25.3 Å². The molecule has 0 saturated heterocycles. The number of benzene rings is 3. The minimum absolute atomic E-state index is 0.0278. The minimum atomic E-state index is -4.16. The number of aryl methyl sites for hydroxylation is 3. The molecular formula is C30H31ClN4O4S. The molecule has 0 aliphatic heterocycles. The number of hydrogen-bond donors (Lipinski definition) is 1. The lowest BCUT2D eigenvalue weighted by molar-refractivity contribution is -0.119. The zero-order valence-corrected chi connectivity index (χ0v) is 24.5. The number of carbonyl (C=O) groups excluding carboxylic acids is 1. The van der Waals surface area contributed by atoms with E-state index in [1.54, 1.807) is 30.5 Å². The molecule has 8 nitrogen and oxygen atoms in total. The lowest BCUT2D eigenvalue weighted by Crippen LogP contribution is -2.39. The van der Waals surface area contributed by atoms with Crippen LogP contribution in [-0.4, -0.2) is 38.8 Å². The van der Waals surface area contributed by atoms with Gasteiger partial charge in [0, 0.05) is 27.7 Å². The van der Waals surface area contributed by atoms with E-state index in [0.29, 0.717) is 5.02 Å². The molecule has 10 heteroatoms. The fourth-order valence-electron chi connectivity index (χ4n) is 4.42. The smallest absolute Gasteiger partial charge is 0.264 e. The molecule has 1 amide bonds. The van der Waals surface area contributed by atoms with Crippen molar-refractivity contribution in [2.45, 2.75) is 32.6 Å². The van der Waals surface area contributed by atoms with Gasteiger partial charge in [-0.2, -0.15) is 5.10 Å². The van der Waals surface area contributed by atoms with E-state index in [1.807, 2.05) is 52.0 Å². The van der Waals surface area contributed by atoms with Gasteiger partial charge in [-0.25, -0.2) is 13.8 Å². The molecule has 0 saturated carbocycles. The molecular weight excluding hydrogens is 548 g/mol. The molecule has 0 bridgehead atoms. The highest BCUT2D eigenvalue weighted by molar-refractivity contribution is 7.92. The average Bonchev–Trinajstić information content (AvgIpc) is 3.19. The van der Waals surface area contributed by atoms with Crippen molar-refractivity contribution in [2.75, 3.05) is 18.0 Å². The summed E-state index contributed by atoms with van der Waals surface area (Å²) in [5.41, 5.74) is 8.47. The van der Waals surface area contributed by atoms with Crippen LogP contribution in [0.2, 0.25) is 5.02 Å². The molecule has 0 unspecified atom stereocenters. The van der Waals surface area contributed by atoms with Crippen LogP contribution in [-0.2, 0) is 14.8 Å². The summed E-state index contributed by atoms with van der Waals surface area (Å²) in [6.45, 7) is 7.32. The standard InChI is InChI=1S/C30H31ClN4O4S/c1-20-9-12-27(13-10-20)40(37,38)34(28-17-25(31)11-14-29(28)39-5)19-30(36)33-32-18-24-16-22(3)35(23(24)4)26-8-6-7-21(2)15-26/h6-18H,19H2,1-5H3,(H,33,36)/b32-18-. The van der Waals surface area contributed by atoms with E-state index in [4.69, 9.17) is 16.3 Å². The van der Waals surface area contributed by atoms with Crippen LogP contribution in [0.1, 0.15) is 28.1 Å². The third-order valence-corrected chi connectivity index (χ3v) is 8.44. The number of ether oxygens (including phenoxy) is 1. The average molecular weight is 579 g/mol. The molecule has 1 N–H and O–H groups in total. The third-order valence-electron chi connectivity index (χ3n) is 6.43.